The van der Waals surface area contributed by atoms with Crippen molar-refractivity contribution in [2.75, 3.05) is 0 Å². The highest BCUT2D eigenvalue weighted by Gasteiger charge is 2.31. The van der Waals surface area contributed by atoms with E-state index in [4.69, 9.17) is 10.8 Å². The van der Waals surface area contributed by atoms with Crippen LogP contribution in [0.25, 0.3) is 10.9 Å². The molecule has 9 heteroatoms. The van der Waals surface area contributed by atoms with Gasteiger partial charge in [0.2, 0.25) is 0 Å². The lowest BCUT2D eigenvalue weighted by Crippen LogP contribution is -2.17. The number of alkyl halides is 3. The maximum absolute atomic E-state index is 12.2. The number of ether oxygens (including phenoxy) is 1. The molecule has 2 aromatic rings. The van der Waals surface area contributed by atoms with Gasteiger partial charge in [0.25, 0.3) is 5.91 Å². The van der Waals surface area contributed by atoms with Crippen LogP contribution in [-0.2, 0) is 11.3 Å². The second-order valence-corrected chi connectivity index (χ2v) is 4.16. The molecule has 6 nitrogen and oxygen atoms in total. The molecule has 0 atom stereocenters. The largest absolute Gasteiger partial charge is 0.573 e. The SMILES string of the molecule is NC(=O)c1cn(CC(=O)O)c2cc(OC(F)(F)F)ccc12. The Bertz CT molecular complexity index is 721. The van der Waals surface area contributed by atoms with Crippen molar-refractivity contribution in [3.05, 3.63) is 30.0 Å². The third-order valence-corrected chi connectivity index (χ3v) is 2.66. The number of carbonyl (C=O) groups excluding carboxylic acids is 1. The summed E-state index contributed by atoms with van der Waals surface area (Å²) in [6.45, 7) is -0.529. The number of nitrogens with two attached hydrogens (primary N) is 1. The maximum atomic E-state index is 12.2. The normalized spacial score (nSPS) is 11.6. The number of rotatable bonds is 4. The molecule has 1 heterocycles. The van der Waals surface area contributed by atoms with Gasteiger partial charge in [0, 0.05) is 17.6 Å². The number of aliphatic carboxylic acids is 1. The van der Waals surface area contributed by atoms with Crippen LogP contribution < -0.4 is 10.5 Å². The van der Waals surface area contributed by atoms with Crippen LogP contribution in [0.4, 0.5) is 13.2 Å². The van der Waals surface area contributed by atoms with Crippen molar-refractivity contribution in [3.63, 3.8) is 0 Å². The average Bonchev–Trinajstić information content (AvgIpc) is 2.65. The van der Waals surface area contributed by atoms with Gasteiger partial charge in [-0.2, -0.15) is 0 Å². The van der Waals surface area contributed by atoms with E-state index >= 15 is 0 Å². The third kappa shape index (κ3) is 3.25. The van der Waals surface area contributed by atoms with Crippen LogP contribution in [0.1, 0.15) is 10.4 Å². The molecule has 0 bridgehead atoms. The van der Waals surface area contributed by atoms with Crippen LogP contribution >= 0.6 is 0 Å². The van der Waals surface area contributed by atoms with E-state index in [-0.39, 0.29) is 16.5 Å². The van der Waals surface area contributed by atoms with Crippen LogP contribution in [0, 0.1) is 0 Å². The Hall–Kier alpha value is -2.71. The van der Waals surface area contributed by atoms with E-state index in [1.54, 1.807) is 0 Å². The standard InChI is InChI=1S/C12H9F3N2O4/c13-12(14,15)21-6-1-2-7-8(11(16)20)4-17(5-10(18)19)9(7)3-6/h1-4H,5H2,(H2,16,20)(H,18,19). The molecule has 0 spiro atoms. The molecule has 0 aliphatic rings. The fraction of sp³-hybridized carbons (Fsp3) is 0.167. The second-order valence-electron chi connectivity index (χ2n) is 4.16. The monoisotopic (exact) mass is 302 g/mol. The first kappa shape index (κ1) is 14.7. The number of amides is 1. The van der Waals surface area contributed by atoms with E-state index in [9.17, 15) is 22.8 Å². The van der Waals surface area contributed by atoms with Gasteiger partial charge in [-0.15, -0.1) is 13.2 Å². The van der Waals surface area contributed by atoms with Crippen molar-refractivity contribution in [3.8, 4) is 5.75 Å². The van der Waals surface area contributed by atoms with E-state index in [0.717, 1.165) is 16.7 Å². The summed E-state index contributed by atoms with van der Waals surface area (Å²) in [6.07, 6.45) is -3.69. The van der Waals surface area contributed by atoms with Crippen molar-refractivity contribution in [2.24, 2.45) is 5.73 Å². The van der Waals surface area contributed by atoms with Gasteiger partial charge in [-0.3, -0.25) is 9.59 Å². The van der Waals surface area contributed by atoms with Crippen LogP contribution in [0.15, 0.2) is 24.4 Å². The Morgan fingerprint density at radius 1 is 1.33 bits per heavy atom. The summed E-state index contributed by atoms with van der Waals surface area (Å²) in [5, 5.41) is 9.03. The number of halogens is 3. The van der Waals surface area contributed by atoms with Gasteiger partial charge in [-0.05, 0) is 12.1 Å². The van der Waals surface area contributed by atoms with Gasteiger partial charge >= 0.3 is 12.3 Å². The summed E-state index contributed by atoms with van der Waals surface area (Å²) in [5.41, 5.74) is 5.28. The van der Waals surface area contributed by atoms with Crippen molar-refractivity contribution >= 4 is 22.8 Å². The quantitative estimate of drug-likeness (QED) is 0.899. The van der Waals surface area contributed by atoms with Crippen molar-refractivity contribution in [1.82, 2.24) is 4.57 Å². The van der Waals surface area contributed by atoms with Crippen molar-refractivity contribution in [1.29, 1.82) is 0 Å². The molecule has 0 saturated carbocycles. The highest BCUT2D eigenvalue weighted by molar-refractivity contribution is 6.06. The Morgan fingerprint density at radius 2 is 2.00 bits per heavy atom. The number of nitrogens with zero attached hydrogens (tertiary/aromatic N) is 1. The summed E-state index contributed by atoms with van der Waals surface area (Å²) in [6, 6.07) is 3.24. The zero-order valence-electron chi connectivity index (χ0n) is 10.3. The molecule has 1 aromatic carbocycles. The lowest BCUT2D eigenvalue weighted by atomic mass is 10.1. The van der Waals surface area contributed by atoms with Gasteiger partial charge in [-0.1, -0.05) is 0 Å². The first-order valence-electron chi connectivity index (χ1n) is 5.57. The molecule has 0 aliphatic heterocycles. The molecule has 1 amide bonds. The molecule has 0 unspecified atom stereocenters. The highest BCUT2D eigenvalue weighted by Crippen LogP contribution is 2.29. The molecule has 3 N–H and O–H groups in total. The minimum absolute atomic E-state index is 0.0183. The predicted octanol–water partition coefficient (Wildman–Crippen LogP) is 1.72. The molecule has 1 aromatic heterocycles. The average molecular weight is 302 g/mol. The number of hydrogen-bond acceptors (Lipinski definition) is 3. The van der Waals surface area contributed by atoms with E-state index in [2.05, 4.69) is 4.74 Å². The number of primary amides is 1. The van der Waals surface area contributed by atoms with Crippen molar-refractivity contribution in [2.45, 2.75) is 12.9 Å². The fourth-order valence-electron chi connectivity index (χ4n) is 1.94. The molecular weight excluding hydrogens is 293 g/mol. The highest BCUT2D eigenvalue weighted by atomic mass is 19.4. The van der Waals surface area contributed by atoms with E-state index in [1.165, 1.54) is 12.3 Å². The molecule has 0 saturated heterocycles. The van der Waals surface area contributed by atoms with E-state index < -0.39 is 30.5 Å². The zero-order valence-corrected chi connectivity index (χ0v) is 10.3. The Labute approximate surface area is 115 Å². The predicted molar refractivity (Wildman–Crippen MR) is 64.8 cm³/mol. The molecule has 0 radical (unpaired) electrons. The topological polar surface area (TPSA) is 94.6 Å². The summed E-state index contributed by atoms with van der Waals surface area (Å²) >= 11 is 0. The fourth-order valence-corrected chi connectivity index (χ4v) is 1.94. The zero-order chi connectivity index (χ0) is 15.8. The Balaban J connectivity index is 2.57. The number of benzene rings is 1. The van der Waals surface area contributed by atoms with Gasteiger partial charge < -0.3 is 20.1 Å². The molecule has 2 rings (SSSR count). The van der Waals surface area contributed by atoms with Crippen LogP contribution in [0.2, 0.25) is 0 Å². The molecular formula is C12H9F3N2O4. The molecule has 112 valence electrons. The first-order chi connectivity index (χ1) is 9.67. The van der Waals surface area contributed by atoms with Gasteiger partial charge in [0.05, 0.1) is 11.1 Å². The summed E-state index contributed by atoms with van der Waals surface area (Å²) in [7, 11) is 0. The van der Waals surface area contributed by atoms with Gasteiger partial charge in [0.1, 0.15) is 12.3 Å². The summed E-state index contributed by atoms with van der Waals surface area (Å²) < 4.78 is 41.4. The van der Waals surface area contributed by atoms with Crippen molar-refractivity contribution < 1.29 is 32.6 Å². The van der Waals surface area contributed by atoms with Gasteiger partial charge in [0.15, 0.2) is 0 Å². The third-order valence-electron chi connectivity index (χ3n) is 2.66. The molecule has 0 aliphatic carbocycles. The van der Waals surface area contributed by atoms with Crippen LogP contribution in [-0.4, -0.2) is 27.9 Å². The Morgan fingerprint density at radius 3 is 2.52 bits per heavy atom. The van der Waals surface area contributed by atoms with E-state index in [1.807, 2.05) is 0 Å². The van der Waals surface area contributed by atoms with Gasteiger partial charge in [-0.25, -0.2) is 0 Å². The number of hydrogen-bond donors (Lipinski definition) is 2. The maximum Gasteiger partial charge on any atom is 0.573 e. The Kier molecular flexibility index (Phi) is 3.50. The number of carbonyl (C=O) groups is 2. The summed E-state index contributed by atoms with van der Waals surface area (Å²) in [4.78, 5) is 22.0. The number of fused-ring (bicyclic) bond motifs is 1. The molecule has 0 fully saturated rings. The lowest BCUT2D eigenvalue weighted by Gasteiger charge is -2.09. The van der Waals surface area contributed by atoms with Crippen LogP contribution in [0.5, 0.6) is 5.75 Å². The van der Waals surface area contributed by atoms with E-state index in [0.29, 0.717) is 0 Å². The number of carboxylic acids is 1. The lowest BCUT2D eigenvalue weighted by molar-refractivity contribution is -0.274. The minimum Gasteiger partial charge on any atom is -0.480 e. The number of aromatic nitrogens is 1. The minimum atomic E-state index is -4.87. The number of carboxylic acid groups (broad SMARTS) is 1. The molecule has 21 heavy (non-hydrogen) atoms. The first-order valence-corrected chi connectivity index (χ1v) is 5.57. The summed E-state index contributed by atoms with van der Waals surface area (Å²) in [5.74, 6) is -2.55. The smallest absolute Gasteiger partial charge is 0.480 e. The second kappa shape index (κ2) is 5.00. The van der Waals surface area contributed by atoms with Crippen LogP contribution in [0.3, 0.4) is 0 Å².